The predicted molar refractivity (Wildman–Crippen MR) is 65.7 cm³/mol. The van der Waals surface area contributed by atoms with Gasteiger partial charge in [0.15, 0.2) is 0 Å². The van der Waals surface area contributed by atoms with E-state index in [1.807, 2.05) is 6.20 Å². The number of nitrogens with two attached hydrogens (primary N) is 1. The highest BCUT2D eigenvalue weighted by molar-refractivity contribution is 9.10. The summed E-state index contributed by atoms with van der Waals surface area (Å²) in [6.45, 7) is 2.88. The Bertz CT molecular complexity index is 464. The van der Waals surface area contributed by atoms with Crippen LogP contribution in [0.15, 0.2) is 22.8 Å². The van der Waals surface area contributed by atoms with Crippen molar-refractivity contribution in [1.29, 1.82) is 0 Å². The van der Waals surface area contributed by atoms with Crippen LogP contribution in [0.5, 0.6) is 0 Å². The monoisotopic (exact) mass is 267 g/mol. The Labute approximate surface area is 97.2 Å². The molecular formula is C11H14BrN3. The van der Waals surface area contributed by atoms with Gasteiger partial charge >= 0.3 is 0 Å². The van der Waals surface area contributed by atoms with E-state index in [-0.39, 0.29) is 0 Å². The number of halogens is 1. The lowest BCUT2D eigenvalue weighted by molar-refractivity contribution is 0.593. The molecule has 1 heterocycles. The van der Waals surface area contributed by atoms with Crippen LogP contribution < -0.4 is 5.73 Å². The van der Waals surface area contributed by atoms with E-state index in [0.29, 0.717) is 5.92 Å². The van der Waals surface area contributed by atoms with Gasteiger partial charge in [0, 0.05) is 9.86 Å². The zero-order valence-electron chi connectivity index (χ0n) is 8.63. The molecule has 1 aromatic carbocycles. The van der Waals surface area contributed by atoms with Gasteiger partial charge in [-0.25, -0.2) is 0 Å². The molecule has 0 bridgehead atoms. The van der Waals surface area contributed by atoms with Crippen LogP contribution in [0.3, 0.4) is 0 Å². The Morgan fingerprint density at radius 1 is 1.53 bits per heavy atom. The highest BCUT2D eigenvalue weighted by atomic mass is 79.9. The molecule has 0 amide bonds. The van der Waals surface area contributed by atoms with Crippen LogP contribution in [0.25, 0.3) is 10.9 Å². The van der Waals surface area contributed by atoms with E-state index in [0.717, 1.165) is 28.3 Å². The summed E-state index contributed by atoms with van der Waals surface area (Å²) in [5, 5.41) is 8.13. The van der Waals surface area contributed by atoms with Crippen LogP contribution in [0, 0.1) is 5.92 Å². The lowest BCUT2D eigenvalue weighted by atomic mass is 10.0. The maximum absolute atomic E-state index is 5.62. The first-order chi connectivity index (χ1) is 7.20. The van der Waals surface area contributed by atoms with Crippen molar-refractivity contribution in [2.75, 3.05) is 6.54 Å². The third-order valence-corrected chi connectivity index (χ3v) is 3.17. The molecule has 0 saturated carbocycles. The molecule has 0 fully saturated rings. The van der Waals surface area contributed by atoms with Gasteiger partial charge in [0.2, 0.25) is 0 Å². The number of nitrogens with one attached hydrogen (secondary N) is 1. The molecule has 3 nitrogen and oxygen atoms in total. The van der Waals surface area contributed by atoms with Crippen LogP contribution >= 0.6 is 15.9 Å². The number of rotatable bonds is 3. The van der Waals surface area contributed by atoms with Crippen molar-refractivity contribution in [3.8, 4) is 0 Å². The summed E-state index contributed by atoms with van der Waals surface area (Å²) in [5.74, 6) is 0.515. The van der Waals surface area contributed by atoms with Gasteiger partial charge in [0.25, 0.3) is 0 Å². The summed E-state index contributed by atoms with van der Waals surface area (Å²) in [5.41, 5.74) is 7.97. The molecule has 3 N–H and O–H groups in total. The van der Waals surface area contributed by atoms with Crippen molar-refractivity contribution in [3.63, 3.8) is 0 Å². The van der Waals surface area contributed by atoms with Gasteiger partial charge in [-0.1, -0.05) is 6.92 Å². The molecule has 0 aliphatic carbocycles. The summed E-state index contributed by atoms with van der Waals surface area (Å²) in [6.07, 6.45) is 2.85. The number of fused-ring (bicyclic) bond motifs is 1. The minimum Gasteiger partial charge on any atom is -0.330 e. The Kier molecular flexibility index (Phi) is 3.07. The SMILES string of the molecule is CC(CN)Cc1cc(Br)c2[nH]ncc2c1. The van der Waals surface area contributed by atoms with Crippen molar-refractivity contribution >= 4 is 26.8 Å². The van der Waals surface area contributed by atoms with E-state index in [4.69, 9.17) is 5.73 Å². The summed E-state index contributed by atoms with van der Waals surface area (Å²) >= 11 is 3.54. The van der Waals surface area contributed by atoms with Crippen LogP contribution in [-0.4, -0.2) is 16.7 Å². The molecule has 1 atom stereocenters. The summed E-state index contributed by atoms with van der Waals surface area (Å²) in [7, 11) is 0. The average molecular weight is 268 g/mol. The topological polar surface area (TPSA) is 54.7 Å². The minimum absolute atomic E-state index is 0.515. The molecule has 0 aliphatic heterocycles. The zero-order valence-corrected chi connectivity index (χ0v) is 10.2. The van der Waals surface area contributed by atoms with E-state index in [1.54, 1.807) is 0 Å². The van der Waals surface area contributed by atoms with E-state index in [1.165, 1.54) is 5.56 Å². The van der Waals surface area contributed by atoms with Crippen molar-refractivity contribution in [2.45, 2.75) is 13.3 Å². The van der Waals surface area contributed by atoms with Gasteiger partial charge in [0.1, 0.15) is 0 Å². The Morgan fingerprint density at radius 3 is 3.07 bits per heavy atom. The molecular weight excluding hydrogens is 254 g/mol. The van der Waals surface area contributed by atoms with Crippen molar-refractivity contribution in [1.82, 2.24) is 10.2 Å². The molecule has 0 radical (unpaired) electrons. The fraction of sp³-hybridized carbons (Fsp3) is 0.364. The number of nitrogens with zero attached hydrogens (tertiary/aromatic N) is 1. The molecule has 4 heteroatoms. The van der Waals surface area contributed by atoms with E-state index in [2.05, 4.69) is 45.2 Å². The molecule has 80 valence electrons. The maximum Gasteiger partial charge on any atom is 0.0792 e. The Hall–Kier alpha value is -0.870. The number of hydrogen-bond acceptors (Lipinski definition) is 2. The van der Waals surface area contributed by atoms with E-state index in [9.17, 15) is 0 Å². The molecule has 15 heavy (non-hydrogen) atoms. The van der Waals surface area contributed by atoms with Crippen LogP contribution in [0.2, 0.25) is 0 Å². The lowest BCUT2D eigenvalue weighted by Gasteiger charge is -2.08. The second-order valence-electron chi connectivity index (χ2n) is 3.96. The molecule has 1 aromatic heterocycles. The number of hydrogen-bond donors (Lipinski definition) is 2. The molecule has 0 spiro atoms. The average Bonchev–Trinajstić information content (AvgIpc) is 2.66. The highest BCUT2D eigenvalue weighted by Crippen LogP contribution is 2.24. The lowest BCUT2D eigenvalue weighted by Crippen LogP contribution is -2.13. The summed E-state index contributed by atoms with van der Waals surface area (Å²) < 4.78 is 1.07. The van der Waals surface area contributed by atoms with Gasteiger partial charge in [-0.05, 0) is 52.5 Å². The first-order valence-electron chi connectivity index (χ1n) is 5.02. The molecule has 0 saturated heterocycles. The first kappa shape index (κ1) is 10.6. The standard InChI is InChI=1S/C11H14BrN3/c1-7(5-13)2-8-3-9-6-14-15-11(9)10(12)4-8/h3-4,6-7H,2,5,13H2,1H3,(H,14,15). The molecule has 2 aromatic rings. The Balaban J connectivity index is 2.36. The number of aromatic nitrogens is 2. The van der Waals surface area contributed by atoms with Crippen molar-refractivity contribution < 1.29 is 0 Å². The second kappa shape index (κ2) is 4.33. The zero-order chi connectivity index (χ0) is 10.8. The summed E-state index contributed by atoms with van der Waals surface area (Å²) in [6, 6.07) is 4.29. The number of benzene rings is 1. The molecule has 1 unspecified atom stereocenters. The normalized spacial score (nSPS) is 13.3. The number of aromatic amines is 1. The molecule has 2 rings (SSSR count). The highest BCUT2D eigenvalue weighted by Gasteiger charge is 2.06. The third-order valence-electron chi connectivity index (χ3n) is 2.55. The fourth-order valence-electron chi connectivity index (χ4n) is 1.68. The van der Waals surface area contributed by atoms with Gasteiger partial charge in [-0.3, -0.25) is 5.10 Å². The van der Waals surface area contributed by atoms with Crippen LogP contribution in [0.4, 0.5) is 0 Å². The van der Waals surface area contributed by atoms with Crippen LogP contribution in [-0.2, 0) is 6.42 Å². The summed E-state index contributed by atoms with van der Waals surface area (Å²) in [4.78, 5) is 0. The largest absolute Gasteiger partial charge is 0.330 e. The van der Waals surface area contributed by atoms with Gasteiger partial charge < -0.3 is 5.73 Å². The predicted octanol–water partition coefficient (Wildman–Crippen LogP) is 2.46. The van der Waals surface area contributed by atoms with Gasteiger partial charge in [-0.15, -0.1) is 0 Å². The second-order valence-corrected chi connectivity index (χ2v) is 4.81. The third kappa shape index (κ3) is 2.21. The number of H-pyrrole nitrogens is 1. The smallest absolute Gasteiger partial charge is 0.0792 e. The van der Waals surface area contributed by atoms with E-state index < -0.39 is 0 Å². The first-order valence-corrected chi connectivity index (χ1v) is 5.81. The van der Waals surface area contributed by atoms with Crippen LogP contribution in [0.1, 0.15) is 12.5 Å². The van der Waals surface area contributed by atoms with Gasteiger partial charge in [-0.2, -0.15) is 5.10 Å². The quantitative estimate of drug-likeness (QED) is 0.898. The van der Waals surface area contributed by atoms with Crippen molar-refractivity contribution in [3.05, 3.63) is 28.4 Å². The minimum atomic E-state index is 0.515. The maximum atomic E-state index is 5.62. The molecule has 0 aliphatic rings. The van der Waals surface area contributed by atoms with Gasteiger partial charge in [0.05, 0.1) is 11.7 Å². The Morgan fingerprint density at radius 2 is 2.33 bits per heavy atom. The van der Waals surface area contributed by atoms with Crippen molar-refractivity contribution in [2.24, 2.45) is 11.7 Å². The fourth-order valence-corrected chi connectivity index (χ4v) is 2.29. The van der Waals surface area contributed by atoms with E-state index >= 15 is 0 Å².